The molecule has 1 saturated carbocycles. The molecule has 1 aliphatic rings. The summed E-state index contributed by atoms with van der Waals surface area (Å²) in [7, 11) is 1.76. The zero-order valence-corrected chi connectivity index (χ0v) is 11.9. The first-order valence-corrected chi connectivity index (χ1v) is 7.22. The molecule has 0 aliphatic heterocycles. The molecule has 0 spiro atoms. The van der Waals surface area contributed by atoms with Gasteiger partial charge in [-0.2, -0.15) is 0 Å². The van der Waals surface area contributed by atoms with Gasteiger partial charge in [0, 0.05) is 19.8 Å². The van der Waals surface area contributed by atoms with Gasteiger partial charge < -0.3 is 14.6 Å². The molecule has 1 fully saturated rings. The summed E-state index contributed by atoms with van der Waals surface area (Å²) < 4.78 is 6.67. The van der Waals surface area contributed by atoms with Crippen molar-refractivity contribution < 1.29 is 14.3 Å². The van der Waals surface area contributed by atoms with Crippen LogP contribution in [0.3, 0.4) is 0 Å². The predicted octanol–water partition coefficient (Wildman–Crippen LogP) is 1.88. The summed E-state index contributed by atoms with van der Waals surface area (Å²) in [4.78, 5) is 23.4. The monoisotopic (exact) mass is 278 g/mol. The molecule has 0 aromatic carbocycles. The number of aromatic nitrogens is 1. The Hall–Kier alpha value is -1.78. The Labute approximate surface area is 119 Å². The largest absolute Gasteiger partial charge is 0.451 e. The Morgan fingerprint density at radius 3 is 2.75 bits per heavy atom. The van der Waals surface area contributed by atoms with Crippen LogP contribution in [0.4, 0.5) is 0 Å². The second kappa shape index (κ2) is 7.12. The van der Waals surface area contributed by atoms with E-state index in [1.807, 2.05) is 0 Å². The van der Waals surface area contributed by atoms with E-state index in [4.69, 9.17) is 4.74 Å². The number of esters is 1. The highest BCUT2D eigenvalue weighted by molar-refractivity contribution is 5.89. The summed E-state index contributed by atoms with van der Waals surface area (Å²) in [6.45, 7) is 0.483. The van der Waals surface area contributed by atoms with E-state index in [0.717, 1.165) is 0 Å². The third-order valence-electron chi connectivity index (χ3n) is 3.80. The van der Waals surface area contributed by atoms with E-state index in [1.165, 1.54) is 32.1 Å². The zero-order chi connectivity index (χ0) is 14.4. The first-order valence-electron chi connectivity index (χ1n) is 7.22. The molecule has 1 aromatic rings. The van der Waals surface area contributed by atoms with E-state index < -0.39 is 5.97 Å². The molecular formula is C15H22N2O3. The summed E-state index contributed by atoms with van der Waals surface area (Å²) in [5, 5.41) is 2.84. The lowest BCUT2D eigenvalue weighted by atomic mass is 9.89. The highest BCUT2D eigenvalue weighted by atomic mass is 16.5. The molecule has 20 heavy (non-hydrogen) atoms. The van der Waals surface area contributed by atoms with Crippen LogP contribution in [0, 0.1) is 5.92 Å². The quantitative estimate of drug-likeness (QED) is 0.837. The highest BCUT2D eigenvalue weighted by Crippen LogP contribution is 2.22. The number of carbonyl (C=O) groups excluding carboxylic acids is 2. The molecule has 1 heterocycles. The lowest BCUT2D eigenvalue weighted by molar-refractivity contribution is -0.124. The molecule has 5 heteroatoms. The van der Waals surface area contributed by atoms with Crippen LogP contribution in [-0.4, -0.2) is 29.6 Å². The number of hydrogen-bond donors (Lipinski definition) is 1. The van der Waals surface area contributed by atoms with Gasteiger partial charge >= 0.3 is 5.97 Å². The third-order valence-corrected chi connectivity index (χ3v) is 3.80. The summed E-state index contributed by atoms with van der Waals surface area (Å²) in [5.41, 5.74) is 0.449. The molecule has 1 aromatic heterocycles. The van der Waals surface area contributed by atoms with Crippen molar-refractivity contribution in [3.63, 3.8) is 0 Å². The van der Waals surface area contributed by atoms with Gasteiger partial charge in [0.1, 0.15) is 5.69 Å². The van der Waals surface area contributed by atoms with Gasteiger partial charge in [-0.1, -0.05) is 19.3 Å². The summed E-state index contributed by atoms with van der Waals surface area (Å²) in [6.07, 6.45) is 7.94. The average Bonchev–Trinajstić information content (AvgIpc) is 2.90. The highest BCUT2D eigenvalue weighted by Gasteiger charge is 2.16. The normalized spacial score (nSPS) is 15.8. The van der Waals surface area contributed by atoms with Crippen LogP contribution in [0.2, 0.25) is 0 Å². The van der Waals surface area contributed by atoms with Gasteiger partial charge in [0.2, 0.25) is 0 Å². The van der Waals surface area contributed by atoms with Crippen LogP contribution in [0.1, 0.15) is 42.6 Å². The molecule has 2 rings (SSSR count). The first-order chi connectivity index (χ1) is 9.66. The summed E-state index contributed by atoms with van der Waals surface area (Å²) in [6, 6.07) is 3.43. The van der Waals surface area contributed by atoms with E-state index >= 15 is 0 Å². The molecule has 1 aliphatic carbocycles. The maximum absolute atomic E-state index is 11.7. The Balaban J connectivity index is 1.67. The Morgan fingerprint density at radius 1 is 1.35 bits per heavy atom. The minimum Gasteiger partial charge on any atom is -0.451 e. The van der Waals surface area contributed by atoms with E-state index in [-0.39, 0.29) is 12.5 Å². The van der Waals surface area contributed by atoms with Gasteiger partial charge in [0.25, 0.3) is 5.91 Å². The van der Waals surface area contributed by atoms with Gasteiger partial charge in [0.15, 0.2) is 6.61 Å². The van der Waals surface area contributed by atoms with E-state index in [1.54, 1.807) is 29.9 Å². The molecule has 0 saturated heterocycles. The van der Waals surface area contributed by atoms with E-state index in [0.29, 0.717) is 18.2 Å². The number of amides is 1. The molecule has 1 N–H and O–H groups in total. The minimum absolute atomic E-state index is 0.212. The molecule has 110 valence electrons. The Kier molecular flexibility index (Phi) is 5.21. The molecule has 0 radical (unpaired) electrons. The lowest BCUT2D eigenvalue weighted by Gasteiger charge is -2.21. The lowest BCUT2D eigenvalue weighted by Crippen LogP contribution is -2.33. The van der Waals surface area contributed by atoms with Crippen molar-refractivity contribution in [1.82, 2.24) is 9.88 Å². The van der Waals surface area contributed by atoms with Crippen LogP contribution >= 0.6 is 0 Å². The predicted molar refractivity (Wildman–Crippen MR) is 75.3 cm³/mol. The number of aryl methyl sites for hydroxylation is 1. The second-order valence-electron chi connectivity index (χ2n) is 5.39. The van der Waals surface area contributed by atoms with Crippen molar-refractivity contribution in [3.05, 3.63) is 24.0 Å². The van der Waals surface area contributed by atoms with E-state index in [9.17, 15) is 9.59 Å². The molecule has 0 bridgehead atoms. The smallest absolute Gasteiger partial charge is 0.355 e. The van der Waals surface area contributed by atoms with Crippen molar-refractivity contribution in [2.45, 2.75) is 32.1 Å². The Morgan fingerprint density at radius 2 is 2.10 bits per heavy atom. The van der Waals surface area contributed by atoms with Crippen LogP contribution in [0.25, 0.3) is 0 Å². The number of ether oxygens (including phenoxy) is 1. The van der Waals surface area contributed by atoms with Gasteiger partial charge in [-0.3, -0.25) is 4.79 Å². The fourth-order valence-electron chi connectivity index (χ4n) is 2.58. The molecule has 0 unspecified atom stereocenters. The van der Waals surface area contributed by atoms with Crippen molar-refractivity contribution in [2.75, 3.05) is 13.2 Å². The number of rotatable bonds is 5. The summed E-state index contributed by atoms with van der Waals surface area (Å²) in [5.74, 6) is -0.111. The molecular weight excluding hydrogens is 256 g/mol. The van der Waals surface area contributed by atoms with Crippen LogP contribution < -0.4 is 5.32 Å². The minimum atomic E-state index is -0.467. The van der Waals surface area contributed by atoms with Crippen LogP contribution in [0.15, 0.2) is 18.3 Å². The molecule has 0 atom stereocenters. The average molecular weight is 278 g/mol. The van der Waals surface area contributed by atoms with Gasteiger partial charge in [0.05, 0.1) is 0 Å². The van der Waals surface area contributed by atoms with Crippen LogP contribution in [0.5, 0.6) is 0 Å². The van der Waals surface area contributed by atoms with Crippen molar-refractivity contribution in [2.24, 2.45) is 13.0 Å². The van der Waals surface area contributed by atoms with Gasteiger partial charge in [-0.05, 0) is 30.9 Å². The first kappa shape index (κ1) is 14.6. The Bertz CT molecular complexity index is 461. The number of carbonyl (C=O) groups is 2. The number of hydrogen-bond acceptors (Lipinski definition) is 3. The van der Waals surface area contributed by atoms with Crippen molar-refractivity contribution >= 4 is 11.9 Å². The van der Waals surface area contributed by atoms with Crippen molar-refractivity contribution in [3.8, 4) is 0 Å². The van der Waals surface area contributed by atoms with Crippen molar-refractivity contribution in [1.29, 1.82) is 0 Å². The maximum atomic E-state index is 11.7. The van der Waals surface area contributed by atoms with Gasteiger partial charge in [-0.15, -0.1) is 0 Å². The van der Waals surface area contributed by atoms with E-state index in [2.05, 4.69) is 5.32 Å². The van der Waals surface area contributed by atoms with Crippen LogP contribution in [-0.2, 0) is 16.6 Å². The topological polar surface area (TPSA) is 60.3 Å². The third kappa shape index (κ3) is 4.11. The SMILES string of the molecule is Cn1cccc1C(=O)OCC(=O)NCC1CCCCC1. The fourth-order valence-corrected chi connectivity index (χ4v) is 2.58. The fraction of sp³-hybridized carbons (Fsp3) is 0.600. The maximum Gasteiger partial charge on any atom is 0.355 e. The number of nitrogens with zero attached hydrogens (tertiary/aromatic N) is 1. The molecule has 1 amide bonds. The summed E-state index contributed by atoms with van der Waals surface area (Å²) >= 11 is 0. The van der Waals surface area contributed by atoms with Gasteiger partial charge in [-0.25, -0.2) is 4.79 Å². The molecule has 5 nitrogen and oxygen atoms in total. The standard InChI is InChI=1S/C15H22N2O3/c1-17-9-5-8-13(17)15(19)20-11-14(18)16-10-12-6-3-2-4-7-12/h5,8-9,12H,2-4,6-7,10-11H2,1H3,(H,16,18). The zero-order valence-electron chi connectivity index (χ0n) is 11.9. The number of nitrogens with one attached hydrogen (secondary N) is 1. The second-order valence-corrected chi connectivity index (χ2v) is 5.39.